The first-order valence-corrected chi connectivity index (χ1v) is 12.1. The second-order valence-electron chi connectivity index (χ2n) is 8.90. The summed E-state index contributed by atoms with van der Waals surface area (Å²) >= 11 is 0. The molecule has 2 aliphatic rings. The maximum Gasteiger partial charge on any atom is 0.254 e. The number of carbonyl (C=O) groups excluding carboxylic acids is 1. The summed E-state index contributed by atoms with van der Waals surface area (Å²) < 4.78 is 19.3. The Morgan fingerprint density at radius 1 is 1.06 bits per heavy atom. The third-order valence-corrected chi connectivity index (χ3v) is 6.50. The molecule has 2 aliphatic heterocycles. The van der Waals surface area contributed by atoms with Crippen molar-refractivity contribution >= 4 is 11.4 Å². The van der Waals surface area contributed by atoms with Crippen LogP contribution in [0.5, 0.6) is 5.75 Å². The molecule has 0 spiro atoms. The number of rotatable bonds is 7. The number of fused-ring (bicyclic) bond motifs is 1. The van der Waals surface area contributed by atoms with Gasteiger partial charge in [-0.2, -0.15) is 0 Å². The molecule has 180 valence electrons. The van der Waals surface area contributed by atoms with Gasteiger partial charge in [-0.05, 0) is 36.8 Å². The third-order valence-electron chi connectivity index (χ3n) is 6.50. The maximum absolute atomic E-state index is 13.4. The first kappa shape index (κ1) is 22.8. The number of carbonyl (C=O) groups is 1. The van der Waals surface area contributed by atoms with Crippen LogP contribution in [0.2, 0.25) is 0 Å². The van der Waals surface area contributed by atoms with Gasteiger partial charge in [0.15, 0.2) is 0 Å². The highest BCUT2D eigenvalue weighted by atomic mass is 16.5. The Kier molecular flexibility index (Phi) is 7.38. The molecule has 0 radical (unpaired) electrons. The molecular formula is C26H32N4O4. The van der Waals surface area contributed by atoms with Crippen LogP contribution in [0, 0.1) is 5.92 Å². The van der Waals surface area contributed by atoms with Crippen molar-refractivity contribution < 1.29 is 19.0 Å². The second kappa shape index (κ2) is 11.0. The molecular weight excluding hydrogens is 432 g/mol. The van der Waals surface area contributed by atoms with Crippen molar-refractivity contribution in [3.63, 3.8) is 0 Å². The third kappa shape index (κ3) is 5.58. The molecule has 8 nitrogen and oxygen atoms in total. The standard InChI is InChI=1S/C26H32N4O4/c31-26(22-3-1-4-23(18-22)34-16-11-28-9-13-32-14-10-28)30-12-15-33-20-21(19-30)17-24-25-5-2-7-29(25)8-6-27-24/h1-8,18,21H,9-17,19-20H2/t21-/m1/s1. The summed E-state index contributed by atoms with van der Waals surface area (Å²) in [5.41, 5.74) is 2.79. The fraction of sp³-hybridized carbons (Fsp3) is 0.462. The lowest BCUT2D eigenvalue weighted by molar-refractivity contribution is 0.0322. The van der Waals surface area contributed by atoms with Crippen LogP contribution < -0.4 is 4.74 Å². The number of ether oxygens (including phenoxy) is 3. The highest BCUT2D eigenvalue weighted by Crippen LogP contribution is 2.20. The van der Waals surface area contributed by atoms with Crippen LogP contribution in [0.15, 0.2) is 55.0 Å². The number of hydrogen-bond acceptors (Lipinski definition) is 6. The predicted molar refractivity (Wildman–Crippen MR) is 128 cm³/mol. The molecule has 3 aromatic rings. The average molecular weight is 465 g/mol. The lowest BCUT2D eigenvalue weighted by Crippen LogP contribution is -2.38. The fourth-order valence-electron chi connectivity index (χ4n) is 4.67. The Morgan fingerprint density at radius 3 is 2.85 bits per heavy atom. The summed E-state index contributed by atoms with van der Waals surface area (Å²) in [5, 5.41) is 0. The van der Waals surface area contributed by atoms with Crippen molar-refractivity contribution in [2.24, 2.45) is 5.92 Å². The van der Waals surface area contributed by atoms with E-state index in [1.807, 2.05) is 53.8 Å². The van der Waals surface area contributed by atoms with Gasteiger partial charge in [-0.3, -0.25) is 14.7 Å². The summed E-state index contributed by atoms with van der Waals surface area (Å²) in [5.74, 6) is 0.932. The Bertz CT molecular complexity index is 1100. The zero-order valence-electron chi connectivity index (χ0n) is 19.5. The number of morpholine rings is 1. The summed E-state index contributed by atoms with van der Waals surface area (Å²) in [4.78, 5) is 22.2. The Morgan fingerprint density at radius 2 is 1.94 bits per heavy atom. The molecule has 0 bridgehead atoms. The van der Waals surface area contributed by atoms with Gasteiger partial charge in [0, 0.05) is 62.8 Å². The Hall–Kier alpha value is -2.94. The van der Waals surface area contributed by atoms with Crippen molar-refractivity contribution in [1.29, 1.82) is 0 Å². The maximum atomic E-state index is 13.4. The molecule has 0 saturated carbocycles. The molecule has 8 heteroatoms. The van der Waals surface area contributed by atoms with Crippen molar-refractivity contribution in [2.75, 3.05) is 65.8 Å². The highest BCUT2D eigenvalue weighted by molar-refractivity contribution is 5.94. The number of amides is 1. The highest BCUT2D eigenvalue weighted by Gasteiger charge is 2.25. The Balaban J connectivity index is 1.21. The molecule has 5 rings (SSSR count). The van der Waals surface area contributed by atoms with Gasteiger partial charge in [0.2, 0.25) is 0 Å². The van der Waals surface area contributed by atoms with E-state index in [0.717, 1.165) is 56.2 Å². The summed E-state index contributed by atoms with van der Waals surface area (Å²) in [6.07, 6.45) is 6.57. The second-order valence-corrected chi connectivity index (χ2v) is 8.90. The van der Waals surface area contributed by atoms with Crippen LogP contribution in [0.3, 0.4) is 0 Å². The normalized spacial score (nSPS) is 19.8. The molecule has 4 heterocycles. The fourth-order valence-corrected chi connectivity index (χ4v) is 4.67. The number of hydrogen-bond donors (Lipinski definition) is 0. The van der Waals surface area contributed by atoms with Gasteiger partial charge in [0.1, 0.15) is 12.4 Å². The van der Waals surface area contributed by atoms with Crippen molar-refractivity contribution in [3.8, 4) is 5.75 Å². The molecule has 2 saturated heterocycles. The van der Waals surface area contributed by atoms with Crippen LogP contribution >= 0.6 is 0 Å². The lowest BCUT2D eigenvalue weighted by atomic mass is 10.0. The average Bonchev–Trinajstić information content (AvgIpc) is 3.24. The molecule has 2 fully saturated rings. The van der Waals surface area contributed by atoms with Crippen LogP contribution in [0.1, 0.15) is 16.1 Å². The van der Waals surface area contributed by atoms with E-state index in [1.54, 1.807) is 0 Å². The smallest absolute Gasteiger partial charge is 0.254 e. The zero-order valence-corrected chi connectivity index (χ0v) is 19.5. The number of aromatic nitrogens is 2. The van der Waals surface area contributed by atoms with E-state index in [2.05, 4.69) is 20.4 Å². The predicted octanol–water partition coefficient (Wildman–Crippen LogP) is 2.38. The summed E-state index contributed by atoms with van der Waals surface area (Å²) in [6.45, 7) is 7.28. The zero-order chi connectivity index (χ0) is 23.2. The number of benzene rings is 1. The van der Waals surface area contributed by atoms with Crippen molar-refractivity contribution in [3.05, 3.63) is 66.2 Å². The van der Waals surface area contributed by atoms with Gasteiger partial charge in [0.05, 0.1) is 37.6 Å². The SMILES string of the molecule is O=C(c1cccc(OCCN2CCOCC2)c1)N1CCOC[C@H](Cc2nccn3cccc23)C1. The van der Waals surface area contributed by atoms with Crippen molar-refractivity contribution in [1.82, 2.24) is 19.2 Å². The monoisotopic (exact) mass is 464 g/mol. The van der Waals surface area contributed by atoms with Crippen molar-refractivity contribution in [2.45, 2.75) is 6.42 Å². The van der Waals surface area contributed by atoms with E-state index in [9.17, 15) is 4.79 Å². The summed E-state index contributed by atoms with van der Waals surface area (Å²) in [7, 11) is 0. The van der Waals surface area contributed by atoms with E-state index < -0.39 is 0 Å². The Labute approximate surface area is 200 Å². The van der Waals surface area contributed by atoms with Crippen LogP contribution in [-0.2, 0) is 15.9 Å². The van der Waals surface area contributed by atoms with Crippen LogP contribution in [-0.4, -0.2) is 90.8 Å². The van der Waals surface area contributed by atoms with Gasteiger partial charge >= 0.3 is 0 Å². The summed E-state index contributed by atoms with van der Waals surface area (Å²) in [6, 6.07) is 11.6. The van der Waals surface area contributed by atoms with Crippen LogP contribution in [0.25, 0.3) is 5.52 Å². The lowest BCUT2D eigenvalue weighted by Gasteiger charge is -2.26. The molecule has 1 atom stereocenters. The van der Waals surface area contributed by atoms with Gasteiger partial charge in [-0.25, -0.2) is 0 Å². The first-order chi connectivity index (χ1) is 16.8. The molecule has 0 N–H and O–H groups in total. The quantitative estimate of drug-likeness (QED) is 0.535. The molecule has 1 amide bonds. The molecule has 34 heavy (non-hydrogen) atoms. The van der Waals surface area contributed by atoms with Crippen LogP contribution in [0.4, 0.5) is 0 Å². The van der Waals surface area contributed by atoms with E-state index in [-0.39, 0.29) is 11.8 Å². The van der Waals surface area contributed by atoms with Gasteiger partial charge in [-0.1, -0.05) is 6.07 Å². The molecule has 0 aliphatic carbocycles. The largest absolute Gasteiger partial charge is 0.492 e. The molecule has 2 aromatic heterocycles. The molecule has 0 unspecified atom stereocenters. The van der Waals surface area contributed by atoms with Gasteiger partial charge in [-0.15, -0.1) is 0 Å². The minimum absolute atomic E-state index is 0.0167. The molecule has 1 aromatic carbocycles. The van der Waals surface area contributed by atoms with Gasteiger partial charge < -0.3 is 23.5 Å². The number of nitrogens with zero attached hydrogens (tertiary/aromatic N) is 4. The van der Waals surface area contributed by atoms with E-state index in [4.69, 9.17) is 14.2 Å². The minimum atomic E-state index is 0.0167. The minimum Gasteiger partial charge on any atom is -0.492 e. The van der Waals surface area contributed by atoms with E-state index in [1.165, 1.54) is 0 Å². The van der Waals surface area contributed by atoms with Gasteiger partial charge in [0.25, 0.3) is 5.91 Å². The van der Waals surface area contributed by atoms with E-state index >= 15 is 0 Å². The van der Waals surface area contributed by atoms with E-state index in [0.29, 0.717) is 38.5 Å². The topological polar surface area (TPSA) is 68.5 Å². The first-order valence-electron chi connectivity index (χ1n) is 12.1.